The molecule has 2 rings (SSSR count). The zero-order valence-electron chi connectivity index (χ0n) is 13.0. The second kappa shape index (κ2) is 8.16. The minimum atomic E-state index is 0. The Labute approximate surface area is 151 Å². The topological polar surface area (TPSA) is 0 Å². The summed E-state index contributed by atoms with van der Waals surface area (Å²) in [6, 6.07) is 0. The minimum Gasteiger partial charge on any atom is -1.00 e. The van der Waals surface area contributed by atoms with E-state index in [0.717, 1.165) is 0 Å². The van der Waals surface area contributed by atoms with E-state index in [1.54, 1.807) is 50.3 Å². The summed E-state index contributed by atoms with van der Waals surface area (Å²) in [5.74, 6) is 0.616. The monoisotopic (exact) mass is 387 g/mol. The summed E-state index contributed by atoms with van der Waals surface area (Å²) in [6.45, 7) is 11.6. The largest absolute Gasteiger partial charge is 1.00 e. The van der Waals surface area contributed by atoms with Gasteiger partial charge in [0.1, 0.15) is 0 Å². The maximum atomic E-state index is 2.48. The van der Waals surface area contributed by atoms with Crippen LogP contribution < -0.4 is 24.8 Å². The van der Waals surface area contributed by atoms with Crippen molar-refractivity contribution in [2.75, 3.05) is 0 Å². The van der Waals surface area contributed by atoms with Crippen molar-refractivity contribution in [1.29, 1.82) is 0 Å². The normalized spacial score (nSPS) is 22.1. The Bertz CT molecular complexity index is 507. The van der Waals surface area contributed by atoms with Crippen LogP contribution in [0.1, 0.15) is 53.9 Å². The van der Waals surface area contributed by atoms with Crippen LogP contribution in [0, 0.1) is 5.92 Å². The molecular formula is C17H23Cl2Zr. The fourth-order valence-corrected chi connectivity index (χ4v) is 4.11. The molecule has 109 valence electrons. The van der Waals surface area contributed by atoms with Crippen LogP contribution in [0.15, 0.2) is 42.8 Å². The first-order valence-electron chi connectivity index (χ1n) is 7.02. The molecule has 0 bridgehead atoms. The summed E-state index contributed by atoms with van der Waals surface area (Å²) in [5.41, 5.74) is 9.49. The minimum absolute atomic E-state index is 0. The first-order valence-corrected chi connectivity index (χ1v) is 8.24. The molecule has 0 aromatic carbocycles. The van der Waals surface area contributed by atoms with Crippen LogP contribution in [0.25, 0.3) is 0 Å². The third-order valence-electron chi connectivity index (χ3n) is 4.63. The number of rotatable bonds is 3. The molecule has 0 radical (unpaired) electrons. The summed E-state index contributed by atoms with van der Waals surface area (Å²) >= 11 is 1.61. The van der Waals surface area contributed by atoms with Crippen LogP contribution in [0.4, 0.5) is 0 Å². The Morgan fingerprint density at radius 3 is 2.20 bits per heavy atom. The Morgan fingerprint density at radius 2 is 1.75 bits per heavy atom. The maximum Gasteiger partial charge on any atom is -1.00 e. The van der Waals surface area contributed by atoms with E-state index in [-0.39, 0.29) is 24.8 Å². The molecule has 0 spiro atoms. The third-order valence-corrected chi connectivity index (χ3v) is 5.87. The molecular weight excluding hydrogens is 366 g/mol. The molecule has 0 N–H and O–H groups in total. The van der Waals surface area contributed by atoms with Crippen molar-refractivity contribution in [2.24, 2.45) is 5.92 Å². The molecule has 2 aliphatic rings. The molecule has 2 aliphatic carbocycles. The van der Waals surface area contributed by atoms with Crippen molar-refractivity contribution in [3.8, 4) is 0 Å². The van der Waals surface area contributed by atoms with Gasteiger partial charge in [-0.05, 0) is 0 Å². The molecule has 0 amide bonds. The molecule has 1 atom stereocenters. The van der Waals surface area contributed by atoms with Gasteiger partial charge in [0.05, 0.1) is 0 Å². The van der Waals surface area contributed by atoms with Crippen molar-refractivity contribution >= 4 is 0 Å². The fraction of sp³-hybridized carbons (Fsp3) is 0.529. The van der Waals surface area contributed by atoms with Crippen LogP contribution >= 0.6 is 0 Å². The predicted molar refractivity (Wildman–Crippen MR) is 74.9 cm³/mol. The quantitative estimate of drug-likeness (QED) is 0.595. The van der Waals surface area contributed by atoms with Gasteiger partial charge >= 0.3 is 127 Å². The van der Waals surface area contributed by atoms with Gasteiger partial charge in [-0.15, -0.1) is 0 Å². The van der Waals surface area contributed by atoms with Crippen LogP contribution in [0.3, 0.4) is 0 Å². The fourth-order valence-electron chi connectivity index (χ4n) is 3.22. The first kappa shape index (κ1) is 20.4. The summed E-state index contributed by atoms with van der Waals surface area (Å²) in [7, 11) is 0. The van der Waals surface area contributed by atoms with E-state index in [9.17, 15) is 0 Å². The molecule has 0 nitrogen and oxygen atoms in total. The number of hydrogen-bond donors (Lipinski definition) is 0. The summed E-state index contributed by atoms with van der Waals surface area (Å²) in [4.78, 5) is 0. The van der Waals surface area contributed by atoms with Gasteiger partial charge in [0.25, 0.3) is 0 Å². The average Bonchev–Trinajstić information content (AvgIpc) is 2.77. The van der Waals surface area contributed by atoms with Gasteiger partial charge in [0, 0.05) is 0 Å². The second-order valence-electron chi connectivity index (χ2n) is 5.60. The van der Waals surface area contributed by atoms with E-state index in [0.29, 0.717) is 5.92 Å². The summed E-state index contributed by atoms with van der Waals surface area (Å²) < 4.78 is 1.67. The van der Waals surface area contributed by atoms with Crippen molar-refractivity contribution in [3.63, 3.8) is 0 Å². The number of halogens is 2. The molecule has 1 unspecified atom stereocenters. The van der Waals surface area contributed by atoms with Crippen LogP contribution in [0.5, 0.6) is 0 Å². The van der Waals surface area contributed by atoms with E-state index in [2.05, 4.69) is 40.7 Å². The Morgan fingerprint density at radius 1 is 1.15 bits per heavy atom. The standard InChI is InChI=1S/C17H23.2ClH.Zr/c1-6-8-15-9-7-10-16(15)17-13(4)11(2)12(3)14(17)5;;;/h10,13H,6-8H2,1-5H3;2*1H;/q;;;+2/p-2. The van der Waals surface area contributed by atoms with Gasteiger partial charge in [-0.3, -0.25) is 0 Å². The molecule has 0 saturated carbocycles. The summed E-state index contributed by atoms with van der Waals surface area (Å²) in [6.07, 6.45) is 6.20. The molecule has 20 heavy (non-hydrogen) atoms. The Hall–Kier alpha value is 0.423. The van der Waals surface area contributed by atoms with Crippen LogP contribution in [-0.4, -0.2) is 0 Å². The van der Waals surface area contributed by atoms with Crippen molar-refractivity contribution < 1.29 is 49.5 Å². The molecule has 0 aliphatic heterocycles. The molecule has 0 aromatic rings. The molecule has 0 fully saturated rings. The van der Waals surface area contributed by atoms with Crippen LogP contribution in [-0.2, 0) is 24.7 Å². The number of hydrogen-bond acceptors (Lipinski definition) is 0. The average molecular weight is 390 g/mol. The SMILES string of the molecule is CCCC1=[C]([Zr+2])CC=C1C1=C(C)C(C)=C(C)C1C.[Cl-].[Cl-]. The maximum absolute atomic E-state index is 2.48. The van der Waals surface area contributed by atoms with E-state index in [4.69, 9.17) is 0 Å². The van der Waals surface area contributed by atoms with Crippen molar-refractivity contribution in [1.82, 2.24) is 0 Å². The molecule has 0 heterocycles. The Balaban J connectivity index is 0.00000180. The van der Waals surface area contributed by atoms with Gasteiger partial charge in [-0.1, -0.05) is 0 Å². The summed E-state index contributed by atoms with van der Waals surface area (Å²) in [5, 5.41) is 0. The molecule has 3 heteroatoms. The van der Waals surface area contributed by atoms with Gasteiger partial charge in [0.15, 0.2) is 0 Å². The first-order chi connectivity index (χ1) is 8.49. The van der Waals surface area contributed by atoms with E-state index >= 15 is 0 Å². The van der Waals surface area contributed by atoms with E-state index in [1.807, 2.05) is 0 Å². The zero-order chi connectivity index (χ0) is 13.4. The predicted octanol–water partition coefficient (Wildman–Crippen LogP) is -0.772. The van der Waals surface area contributed by atoms with Gasteiger partial charge in [0.2, 0.25) is 0 Å². The van der Waals surface area contributed by atoms with Gasteiger partial charge in [-0.2, -0.15) is 0 Å². The van der Waals surface area contributed by atoms with Crippen molar-refractivity contribution in [2.45, 2.75) is 53.9 Å². The van der Waals surface area contributed by atoms with Gasteiger partial charge < -0.3 is 24.8 Å². The van der Waals surface area contributed by atoms with E-state index in [1.165, 1.54) is 30.4 Å². The number of allylic oxidation sites excluding steroid dienone is 8. The van der Waals surface area contributed by atoms with Crippen molar-refractivity contribution in [3.05, 3.63) is 42.8 Å². The van der Waals surface area contributed by atoms with Gasteiger partial charge in [-0.25, -0.2) is 0 Å². The third kappa shape index (κ3) is 3.42. The Kier molecular flexibility index (Phi) is 8.33. The van der Waals surface area contributed by atoms with E-state index < -0.39 is 0 Å². The second-order valence-corrected chi connectivity index (χ2v) is 7.08. The molecule has 0 saturated heterocycles. The smallest absolute Gasteiger partial charge is 1.00 e. The zero-order valence-corrected chi connectivity index (χ0v) is 17.0. The van der Waals surface area contributed by atoms with Crippen LogP contribution in [0.2, 0.25) is 0 Å². The molecule has 0 aromatic heterocycles.